The highest BCUT2D eigenvalue weighted by atomic mass is 35.5. The predicted molar refractivity (Wildman–Crippen MR) is 78.9 cm³/mol. The van der Waals surface area contributed by atoms with Gasteiger partial charge < -0.3 is 0 Å². The molecular formula is C13H11Cl2NO2S. The number of hydroxylamine groups is 2. The molecule has 1 aromatic carbocycles. The van der Waals surface area contributed by atoms with E-state index in [2.05, 4.69) is 0 Å². The van der Waals surface area contributed by atoms with E-state index in [1.807, 2.05) is 18.2 Å². The van der Waals surface area contributed by atoms with Gasteiger partial charge in [0.05, 0.1) is 12.0 Å². The second-order valence-electron chi connectivity index (χ2n) is 3.81. The topological polar surface area (TPSA) is 29.5 Å². The maximum atomic E-state index is 11.9. The van der Waals surface area contributed by atoms with Crippen molar-refractivity contribution < 1.29 is 9.63 Å². The minimum absolute atomic E-state index is 0.188. The van der Waals surface area contributed by atoms with E-state index < -0.39 is 0 Å². The van der Waals surface area contributed by atoms with E-state index in [0.717, 1.165) is 10.4 Å². The van der Waals surface area contributed by atoms with Crippen LogP contribution >= 0.6 is 34.5 Å². The highest BCUT2D eigenvalue weighted by Crippen LogP contribution is 2.32. The Morgan fingerprint density at radius 2 is 1.84 bits per heavy atom. The van der Waals surface area contributed by atoms with E-state index in [1.54, 1.807) is 19.2 Å². The molecule has 0 aliphatic carbocycles. The Morgan fingerprint density at radius 3 is 2.42 bits per heavy atom. The van der Waals surface area contributed by atoms with E-state index in [1.165, 1.54) is 23.5 Å². The number of thiophene rings is 1. The molecule has 6 heteroatoms. The molecular weight excluding hydrogens is 305 g/mol. The summed E-state index contributed by atoms with van der Waals surface area (Å²) in [6.07, 6.45) is 0. The minimum atomic E-state index is -0.188. The van der Waals surface area contributed by atoms with E-state index in [4.69, 9.17) is 28.0 Å². The van der Waals surface area contributed by atoms with E-state index in [-0.39, 0.29) is 5.91 Å². The Kier molecular flexibility index (Phi) is 4.47. The van der Waals surface area contributed by atoms with E-state index in [9.17, 15) is 4.79 Å². The summed E-state index contributed by atoms with van der Waals surface area (Å²) in [7, 11) is 3.02. The van der Waals surface area contributed by atoms with Crippen molar-refractivity contribution in [3.63, 3.8) is 0 Å². The Morgan fingerprint density at radius 1 is 1.21 bits per heavy atom. The monoisotopic (exact) mass is 315 g/mol. The van der Waals surface area contributed by atoms with Gasteiger partial charge in [-0.25, -0.2) is 5.06 Å². The predicted octanol–water partition coefficient (Wildman–Crippen LogP) is 4.36. The lowest BCUT2D eigenvalue weighted by Crippen LogP contribution is -2.24. The Balaban J connectivity index is 2.33. The summed E-state index contributed by atoms with van der Waals surface area (Å²) in [6.45, 7) is 0. The molecule has 3 nitrogen and oxygen atoms in total. The number of carbonyl (C=O) groups is 1. The molecule has 1 amide bonds. The van der Waals surface area contributed by atoms with Crippen LogP contribution in [0.25, 0.3) is 10.4 Å². The molecule has 100 valence electrons. The van der Waals surface area contributed by atoms with Crippen LogP contribution < -0.4 is 0 Å². The second kappa shape index (κ2) is 5.92. The van der Waals surface area contributed by atoms with Crippen molar-refractivity contribution in [2.45, 2.75) is 0 Å². The quantitative estimate of drug-likeness (QED) is 0.788. The molecule has 19 heavy (non-hydrogen) atoms. The number of hydrogen-bond acceptors (Lipinski definition) is 3. The molecule has 0 unspecified atom stereocenters. The first-order chi connectivity index (χ1) is 9.01. The van der Waals surface area contributed by atoms with Gasteiger partial charge in [0, 0.05) is 22.0 Å². The van der Waals surface area contributed by atoms with Crippen molar-refractivity contribution in [3.8, 4) is 10.4 Å². The Bertz CT molecular complexity index is 592. The van der Waals surface area contributed by atoms with Crippen LogP contribution in [0, 0.1) is 0 Å². The molecule has 0 N–H and O–H groups in total. The fourth-order valence-electron chi connectivity index (χ4n) is 1.54. The number of amides is 1. The highest BCUT2D eigenvalue weighted by molar-refractivity contribution is 7.17. The largest absolute Gasteiger partial charge is 0.287 e. The van der Waals surface area contributed by atoms with Crippen LogP contribution in [-0.2, 0) is 4.84 Å². The molecule has 0 fully saturated rings. The molecule has 1 aromatic heterocycles. The molecule has 0 aliphatic rings. The molecule has 0 radical (unpaired) electrons. The maximum absolute atomic E-state index is 11.9. The van der Waals surface area contributed by atoms with Gasteiger partial charge in [-0.2, -0.15) is 0 Å². The van der Waals surface area contributed by atoms with Crippen molar-refractivity contribution in [1.29, 1.82) is 0 Å². The van der Waals surface area contributed by atoms with Gasteiger partial charge in [-0.3, -0.25) is 9.63 Å². The summed E-state index contributed by atoms with van der Waals surface area (Å²) in [4.78, 5) is 18.3. The summed E-state index contributed by atoms with van der Waals surface area (Å²) in [5, 5.41) is 2.32. The summed E-state index contributed by atoms with van der Waals surface area (Å²) in [5.74, 6) is -0.188. The first kappa shape index (κ1) is 14.3. The smallest absolute Gasteiger partial charge is 0.274 e. The van der Waals surface area contributed by atoms with Gasteiger partial charge in [0.1, 0.15) is 0 Å². The van der Waals surface area contributed by atoms with Gasteiger partial charge in [-0.15, -0.1) is 11.3 Å². The zero-order valence-electron chi connectivity index (χ0n) is 10.3. The molecule has 0 spiro atoms. The van der Waals surface area contributed by atoms with Crippen molar-refractivity contribution in [3.05, 3.63) is 45.3 Å². The third-order valence-corrected chi connectivity index (χ3v) is 4.08. The second-order valence-corrected chi connectivity index (χ2v) is 5.76. The van der Waals surface area contributed by atoms with E-state index >= 15 is 0 Å². The maximum Gasteiger partial charge on any atom is 0.287 e. The van der Waals surface area contributed by atoms with Crippen molar-refractivity contribution >= 4 is 40.4 Å². The third kappa shape index (κ3) is 3.28. The fraction of sp³-hybridized carbons (Fsp3) is 0.154. The Labute approximate surface area is 125 Å². The molecule has 1 heterocycles. The van der Waals surface area contributed by atoms with Gasteiger partial charge in [-0.1, -0.05) is 23.2 Å². The van der Waals surface area contributed by atoms with Crippen LogP contribution in [-0.4, -0.2) is 25.1 Å². The molecule has 0 atom stereocenters. The molecule has 0 aliphatic heterocycles. The van der Waals surface area contributed by atoms with Crippen LogP contribution in [0.1, 0.15) is 9.67 Å². The minimum Gasteiger partial charge on any atom is -0.274 e. The number of halogens is 2. The lowest BCUT2D eigenvalue weighted by molar-refractivity contribution is -0.0753. The van der Waals surface area contributed by atoms with Crippen molar-refractivity contribution in [1.82, 2.24) is 5.06 Å². The first-order valence-corrected chi connectivity index (χ1v) is 6.97. The molecule has 0 saturated carbocycles. The van der Waals surface area contributed by atoms with Gasteiger partial charge in [0.25, 0.3) is 5.91 Å². The average Bonchev–Trinajstić information content (AvgIpc) is 2.85. The number of rotatable bonds is 3. The van der Waals surface area contributed by atoms with Gasteiger partial charge in [-0.05, 0) is 35.9 Å². The summed E-state index contributed by atoms with van der Waals surface area (Å²) in [5.41, 5.74) is 0.890. The summed E-state index contributed by atoms with van der Waals surface area (Å²) in [6, 6.07) is 8.92. The molecule has 2 aromatic rings. The van der Waals surface area contributed by atoms with Crippen LogP contribution in [0.4, 0.5) is 0 Å². The fourth-order valence-corrected chi connectivity index (χ4v) is 3.03. The Hall–Kier alpha value is -1.07. The van der Waals surface area contributed by atoms with Gasteiger partial charge in [0.2, 0.25) is 0 Å². The summed E-state index contributed by atoms with van der Waals surface area (Å²) < 4.78 is 0. The zero-order valence-corrected chi connectivity index (χ0v) is 12.6. The number of carbonyl (C=O) groups excluding carboxylic acids is 1. The van der Waals surface area contributed by atoms with Gasteiger partial charge in [0.15, 0.2) is 0 Å². The SMILES string of the molecule is CON(C)C(=O)c1ccc(-c2cc(Cl)cc(Cl)c2)s1. The lowest BCUT2D eigenvalue weighted by Gasteiger charge is -2.11. The first-order valence-electron chi connectivity index (χ1n) is 5.39. The molecule has 0 saturated heterocycles. The average molecular weight is 316 g/mol. The van der Waals surface area contributed by atoms with Crippen LogP contribution in [0.5, 0.6) is 0 Å². The number of nitrogens with zero attached hydrogens (tertiary/aromatic N) is 1. The normalized spacial score (nSPS) is 10.5. The zero-order chi connectivity index (χ0) is 14.0. The molecule has 2 rings (SSSR count). The summed E-state index contributed by atoms with van der Waals surface area (Å²) >= 11 is 13.3. The molecule has 0 bridgehead atoms. The third-order valence-electron chi connectivity index (χ3n) is 2.52. The number of benzene rings is 1. The van der Waals surface area contributed by atoms with Crippen LogP contribution in [0.3, 0.4) is 0 Å². The van der Waals surface area contributed by atoms with E-state index in [0.29, 0.717) is 14.9 Å². The van der Waals surface area contributed by atoms with Crippen molar-refractivity contribution in [2.24, 2.45) is 0 Å². The van der Waals surface area contributed by atoms with Crippen LogP contribution in [0.15, 0.2) is 30.3 Å². The van der Waals surface area contributed by atoms with Crippen LogP contribution in [0.2, 0.25) is 10.0 Å². The highest BCUT2D eigenvalue weighted by Gasteiger charge is 2.14. The lowest BCUT2D eigenvalue weighted by atomic mass is 10.2. The van der Waals surface area contributed by atoms with Gasteiger partial charge >= 0.3 is 0 Å². The number of hydrogen-bond donors (Lipinski definition) is 0. The van der Waals surface area contributed by atoms with Crippen molar-refractivity contribution in [2.75, 3.05) is 14.2 Å². The standard InChI is InChI=1S/C13H11Cl2NO2S/c1-16(18-2)13(17)12-4-3-11(19-12)8-5-9(14)7-10(15)6-8/h3-7H,1-2H3.